The van der Waals surface area contributed by atoms with E-state index in [0.717, 1.165) is 5.39 Å². The van der Waals surface area contributed by atoms with Gasteiger partial charge in [-0.25, -0.2) is 4.79 Å². The average molecular weight is 278 g/mol. The Bertz CT molecular complexity index is 847. The molecular weight excluding hydrogens is 269 g/mol. The molecule has 0 spiro atoms. The van der Waals surface area contributed by atoms with Gasteiger partial charge in [-0.1, -0.05) is 36.4 Å². The second-order valence-corrected chi connectivity index (χ2v) is 4.56. The Morgan fingerprint density at radius 2 is 1.70 bits per heavy atom. The SMILES string of the molecule is O=c1oc2c(ccc3ccccc32)cc1CC(F)(F)F. The summed E-state index contributed by atoms with van der Waals surface area (Å²) in [5.41, 5.74) is -0.995. The van der Waals surface area contributed by atoms with Gasteiger partial charge in [0.05, 0.1) is 6.42 Å². The Labute approximate surface area is 111 Å². The van der Waals surface area contributed by atoms with Crippen LogP contribution >= 0.6 is 0 Å². The van der Waals surface area contributed by atoms with E-state index in [1.54, 1.807) is 24.3 Å². The van der Waals surface area contributed by atoms with Gasteiger partial charge in [-0.15, -0.1) is 0 Å². The van der Waals surface area contributed by atoms with Gasteiger partial charge in [0.15, 0.2) is 0 Å². The number of alkyl halides is 3. The predicted octanol–water partition coefficient (Wildman–Crippen LogP) is 4.05. The van der Waals surface area contributed by atoms with Crippen molar-refractivity contribution < 1.29 is 17.6 Å². The lowest BCUT2D eigenvalue weighted by Gasteiger charge is -2.07. The van der Waals surface area contributed by atoms with Crippen LogP contribution in [0.4, 0.5) is 13.2 Å². The Kier molecular flexibility index (Phi) is 2.78. The smallest absolute Gasteiger partial charge is 0.393 e. The molecule has 5 heteroatoms. The molecule has 0 radical (unpaired) electrons. The number of hydrogen-bond donors (Lipinski definition) is 0. The zero-order chi connectivity index (χ0) is 14.3. The fourth-order valence-electron chi connectivity index (χ4n) is 2.23. The molecule has 1 aromatic heterocycles. The van der Waals surface area contributed by atoms with Crippen molar-refractivity contribution >= 4 is 21.7 Å². The van der Waals surface area contributed by atoms with E-state index < -0.39 is 18.2 Å². The minimum absolute atomic E-state index is 0.319. The molecule has 2 nitrogen and oxygen atoms in total. The molecule has 0 saturated carbocycles. The van der Waals surface area contributed by atoms with Crippen molar-refractivity contribution in [3.05, 3.63) is 58.4 Å². The number of rotatable bonds is 1. The van der Waals surface area contributed by atoms with Crippen LogP contribution in [-0.4, -0.2) is 6.18 Å². The summed E-state index contributed by atoms with van der Waals surface area (Å²) in [5, 5.41) is 2.06. The predicted molar refractivity (Wildman–Crippen MR) is 69.7 cm³/mol. The van der Waals surface area contributed by atoms with E-state index in [4.69, 9.17) is 4.42 Å². The minimum atomic E-state index is -4.43. The molecule has 0 fully saturated rings. The second-order valence-electron chi connectivity index (χ2n) is 4.56. The van der Waals surface area contributed by atoms with E-state index in [9.17, 15) is 18.0 Å². The first kappa shape index (κ1) is 12.7. The van der Waals surface area contributed by atoms with E-state index in [2.05, 4.69) is 0 Å². The third kappa shape index (κ3) is 2.27. The first-order valence-electron chi connectivity index (χ1n) is 5.95. The number of hydrogen-bond acceptors (Lipinski definition) is 2. The summed E-state index contributed by atoms with van der Waals surface area (Å²) >= 11 is 0. The standard InChI is InChI=1S/C15H9F3O2/c16-15(17,18)8-11-7-10-6-5-9-3-1-2-4-12(9)13(10)20-14(11)19/h1-7H,8H2. The summed E-state index contributed by atoms with van der Waals surface area (Å²) in [6, 6.07) is 11.9. The maximum Gasteiger partial charge on any atom is 0.393 e. The van der Waals surface area contributed by atoms with Crippen LogP contribution in [0, 0.1) is 0 Å². The van der Waals surface area contributed by atoms with Gasteiger partial charge in [-0.2, -0.15) is 13.2 Å². The molecule has 0 aliphatic rings. The topological polar surface area (TPSA) is 30.2 Å². The van der Waals surface area contributed by atoms with Gasteiger partial charge in [-0.3, -0.25) is 0 Å². The van der Waals surface area contributed by atoms with Crippen LogP contribution < -0.4 is 5.63 Å². The first-order valence-corrected chi connectivity index (χ1v) is 5.95. The van der Waals surface area contributed by atoms with Crippen molar-refractivity contribution in [1.82, 2.24) is 0 Å². The highest BCUT2D eigenvalue weighted by Gasteiger charge is 2.29. The molecule has 0 saturated heterocycles. The zero-order valence-corrected chi connectivity index (χ0v) is 10.2. The molecule has 0 amide bonds. The molecule has 20 heavy (non-hydrogen) atoms. The van der Waals surface area contributed by atoms with Gasteiger partial charge < -0.3 is 4.42 Å². The van der Waals surface area contributed by atoms with E-state index in [0.29, 0.717) is 16.4 Å². The summed E-state index contributed by atoms with van der Waals surface area (Å²) in [6.45, 7) is 0. The van der Waals surface area contributed by atoms with Crippen molar-refractivity contribution in [3.8, 4) is 0 Å². The molecule has 0 unspecified atom stereocenters. The number of benzene rings is 2. The largest absolute Gasteiger partial charge is 0.422 e. The van der Waals surface area contributed by atoms with Gasteiger partial charge >= 0.3 is 11.8 Å². The monoisotopic (exact) mass is 278 g/mol. The quantitative estimate of drug-likeness (QED) is 0.496. The van der Waals surface area contributed by atoms with Crippen LogP contribution in [0.5, 0.6) is 0 Å². The van der Waals surface area contributed by atoms with E-state index in [1.165, 1.54) is 6.07 Å². The summed E-state index contributed by atoms with van der Waals surface area (Å²) in [7, 11) is 0. The zero-order valence-electron chi connectivity index (χ0n) is 10.2. The highest BCUT2D eigenvalue weighted by molar-refractivity contribution is 6.03. The van der Waals surface area contributed by atoms with Gasteiger partial charge in [0.1, 0.15) is 5.58 Å². The minimum Gasteiger partial charge on any atom is -0.422 e. The lowest BCUT2D eigenvalue weighted by Crippen LogP contribution is -2.18. The van der Waals surface area contributed by atoms with E-state index in [1.807, 2.05) is 12.1 Å². The van der Waals surface area contributed by atoms with Crippen LogP contribution in [0.2, 0.25) is 0 Å². The summed E-state index contributed by atoms with van der Waals surface area (Å²) in [5.74, 6) is 0. The third-order valence-electron chi connectivity index (χ3n) is 3.09. The Morgan fingerprint density at radius 1 is 1.00 bits per heavy atom. The Balaban J connectivity index is 2.28. The molecule has 0 bridgehead atoms. The van der Waals surface area contributed by atoms with Gasteiger partial charge in [-0.05, 0) is 11.5 Å². The molecule has 102 valence electrons. The average Bonchev–Trinajstić information content (AvgIpc) is 2.38. The lowest BCUT2D eigenvalue weighted by molar-refractivity contribution is -0.127. The van der Waals surface area contributed by atoms with Crippen molar-refractivity contribution in [1.29, 1.82) is 0 Å². The van der Waals surface area contributed by atoms with Gasteiger partial charge in [0.25, 0.3) is 0 Å². The molecular formula is C15H9F3O2. The fraction of sp³-hybridized carbons (Fsp3) is 0.133. The Morgan fingerprint density at radius 3 is 2.45 bits per heavy atom. The fourth-order valence-corrected chi connectivity index (χ4v) is 2.23. The van der Waals surface area contributed by atoms with Crippen molar-refractivity contribution in [2.75, 3.05) is 0 Å². The van der Waals surface area contributed by atoms with Crippen molar-refractivity contribution in [2.24, 2.45) is 0 Å². The molecule has 3 aromatic rings. The lowest BCUT2D eigenvalue weighted by atomic mass is 10.1. The van der Waals surface area contributed by atoms with Crippen molar-refractivity contribution in [2.45, 2.75) is 12.6 Å². The van der Waals surface area contributed by atoms with E-state index >= 15 is 0 Å². The number of fused-ring (bicyclic) bond motifs is 3. The highest BCUT2D eigenvalue weighted by Crippen LogP contribution is 2.26. The highest BCUT2D eigenvalue weighted by atomic mass is 19.4. The Hall–Kier alpha value is -2.30. The molecule has 1 heterocycles. The molecule has 2 aromatic carbocycles. The van der Waals surface area contributed by atoms with E-state index in [-0.39, 0.29) is 5.56 Å². The normalized spacial score (nSPS) is 12.2. The number of halogens is 3. The maximum atomic E-state index is 12.4. The molecule has 0 aliphatic heterocycles. The van der Waals surface area contributed by atoms with Crippen LogP contribution in [0.25, 0.3) is 21.7 Å². The van der Waals surface area contributed by atoms with Gasteiger partial charge in [0.2, 0.25) is 0 Å². The third-order valence-corrected chi connectivity index (χ3v) is 3.09. The maximum absolute atomic E-state index is 12.4. The van der Waals surface area contributed by atoms with Crippen LogP contribution in [-0.2, 0) is 6.42 Å². The summed E-state index contributed by atoms with van der Waals surface area (Å²) in [6.07, 6.45) is -5.71. The summed E-state index contributed by atoms with van der Waals surface area (Å²) in [4.78, 5) is 11.7. The van der Waals surface area contributed by atoms with Crippen LogP contribution in [0.1, 0.15) is 5.56 Å². The molecule has 0 atom stereocenters. The molecule has 0 aliphatic carbocycles. The van der Waals surface area contributed by atoms with Crippen molar-refractivity contribution in [3.63, 3.8) is 0 Å². The first-order chi connectivity index (χ1) is 9.44. The van der Waals surface area contributed by atoms with Gasteiger partial charge in [0, 0.05) is 16.3 Å². The van der Waals surface area contributed by atoms with Crippen LogP contribution in [0.15, 0.2) is 51.7 Å². The van der Waals surface area contributed by atoms with Crippen LogP contribution in [0.3, 0.4) is 0 Å². The molecule has 0 N–H and O–H groups in total. The second kappa shape index (κ2) is 4.37. The summed E-state index contributed by atoms with van der Waals surface area (Å²) < 4.78 is 42.3. The molecule has 3 rings (SSSR count).